The third-order valence-electron chi connectivity index (χ3n) is 5.20. The van der Waals surface area contributed by atoms with E-state index in [4.69, 9.17) is 0 Å². The average Bonchev–Trinajstić information content (AvgIpc) is 3.52. The number of aliphatic imine (C=N–C) groups is 1. The molecular formula is C23H29F2IN4O. The van der Waals surface area contributed by atoms with Crippen LogP contribution in [0.4, 0.5) is 8.78 Å². The molecule has 2 aromatic carbocycles. The van der Waals surface area contributed by atoms with Crippen molar-refractivity contribution in [3.63, 3.8) is 0 Å². The highest BCUT2D eigenvalue weighted by atomic mass is 127. The van der Waals surface area contributed by atoms with Crippen molar-refractivity contribution < 1.29 is 13.6 Å². The molecule has 31 heavy (non-hydrogen) atoms. The lowest BCUT2D eigenvalue weighted by molar-refractivity contribution is -0.120. The van der Waals surface area contributed by atoms with Gasteiger partial charge in [-0.1, -0.05) is 30.3 Å². The van der Waals surface area contributed by atoms with Gasteiger partial charge in [-0.05, 0) is 49.1 Å². The molecule has 0 saturated heterocycles. The van der Waals surface area contributed by atoms with E-state index in [1.54, 1.807) is 18.2 Å². The number of hydrogen-bond acceptors (Lipinski definition) is 2. The number of guanidine groups is 1. The first-order chi connectivity index (χ1) is 14.5. The summed E-state index contributed by atoms with van der Waals surface area (Å²) in [5.74, 6) is 0.0309. The Morgan fingerprint density at radius 3 is 2.32 bits per heavy atom. The zero-order chi connectivity index (χ0) is 21.4. The van der Waals surface area contributed by atoms with Crippen molar-refractivity contribution in [3.05, 3.63) is 71.3 Å². The van der Waals surface area contributed by atoms with Gasteiger partial charge in [0.05, 0.1) is 13.0 Å². The van der Waals surface area contributed by atoms with Crippen molar-refractivity contribution in [1.29, 1.82) is 0 Å². The fraction of sp³-hybridized carbons (Fsp3) is 0.391. The zero-order valence-corrected chi connectivity index (χ0v) is 19.9. The third kappa shape index (κ3) is 7.45. The summed E-state index contributed by atoms with van der Waals surface area (Å²) in [4.78, 5) is 16.6. The lowest BCUT2D eigenvalue weighted by Crippen LogP contribution is -2.42. The van der Waals surface area contributed by atoms with Crippen molar-refractivity contribution in [2.45, 2.75) is 31.6 Å². The van der Waals surface area contributed by atoms with E-state index in [1.165, 1.54) is 18.2 Å². The van der Waals surface area contributed by atoms with Crippen LogP contribution in [0.3, 0.4) is 0 Å². The van der Waals surface area contributed by atoms with Crippen LogP contribution >= 0.6 is 24.0 Å². The number of nitrogens with zero attached hydrogens (tertiary/aromatic N) is 1. The molecule has 0 radical (unpaired) electrons. The largest absolute Gasteiger partial charge is 0.357 e. The molecule has 1 amide bonds. The SMILES string of the molecule is CCNC(=NCC1(c2ccccc2F)CC1)NCCNC(=O)Cc1ccc(F)cc1.I. The fourth-order valence-electron chi connectivity index (χ4n) is 3.36. The molecule has 0 heterocycles. The first-order valence-corrected chi connectivity index (χ1v) is 10.3. The van der Waals surface area contributed by atoms with Crippen LogP contribution in [0.25, 0.3) is 0 Å². The van der Waals surface area contributed by atoms with Crippen LogP contribution in [0.1, 0.15) is 30.9 Å². The maximum Gasteiger partial charge on any atom is 0.224 e. The zero-order valence-electron chi connectivity index (χ0n) is 17.6. The molecule has 5 nitrogen and oxygen atoms in total. The summed E-state index contributed by atoms with van der Waals surface area (Å²) in [6.07, 6.45) is 2.06. The summed E-state index contributed by atoms with van der Waals surface area (Å²) in [5.41, 5.74) is 1.29. The molecule has 0 atom stereocenters. The van der Waals surface area contributed by atoms with Gasteiger partial charge in [-0.3, -0.25) is 9.79 Å². The topological polar surface area (TPSA) is 65.5 Å². The Hall–Kier alpha value is -2.23. The van der Waals surface area contributed by atoms with Crippen LogP contribution in [-0.4, -0.2) is 38.0 Å². The second kappa shape index (κ2) is 12.0. The van der Waals surface area contributed by atoms with Gasteiger partial charge in [0, 0.05) is 25.0 Å². The van der Waals surface area contributed by atoms with E-state index in [1.807, 2.05) is 19.1 Å². The Kier molecular flexibility index (Phi) is 9.67. The minimum absolute atomic E-state index is 0. The van der Waals surface area contributed by atoms with Gasteiger partial charge >= 0.3 is 0 Å². The normalized spacial score (nSPS) is 14.4. The molecule has 0 aromatic heterocycles. The smallest absolute Gasteiger partial charge is 0.224 e. The predicted molar refractivity (Wildman–Crippen MR) is 130 cm³/mol. The second-order valence-electron chi connectivity index (χ2n) is 7.54. The van der Waals surface area contributed by atoms with E-state index in [0.717, 1.165) is 24.0 Å². The standard InChI is InChI=1S/C23H28F2N4O.HI/c1-2-26-22(29-16-23(11-12-23)19-5-3-4-6-20(19)25)28-14-13-27-21(30)15-17-7-9-18(24)10-8-17;/h3-10H,2,11-16H2,1H3,(H,27,30)(H2,26,28,29);1H. The summed E-state index contributed by atoms with van der Waals surface area (Å²) in [5, 5.41) is 9.21. The van der Waals surface area contributed by atoms with Crippen LogP contribution in [-0.2, 0) is 16.6 Å². The van der Waals surface area contributed by atoms with Gasteiger partial charge in [-0.25, -0.2) is 8.78 Å². The van der Waals surface area contributed by atoms with E-state index < -0.39 is 0 Å². The molecule has 0 spiro atoms. The number of halogens is 3. The van der Waals surface area contributed by atoms with Crippen molar-refractivity contribution in [2.75, 3.05) is 26.2 Å². The fourth-order valence-corrected chi connectivity index (χ4v) is 3.36. The van der Waals surface area contributed by atoms with Gasteiger partial charge in [-0.15, -0.1) is 24.0 Å². The Labute approximate surface area is 199 Å². The quantitative estimate of drug-likeness (QED) is 0.197. The maximum atomic E-state index is 14.2. The maximum absolute atomic E-state index is 14.2. The lowest BCUT2D eigenvalue weighted by atomic mass is 9.95. The summed E-state index contributed by atoms with van der Waals surface area (Å²) in [6, 6.07) is 12.8. The minimum Gasteiger partial charge on any atom is -0.357 e. The molecule has 0 unspecified atom stereocenters. The van der Waals surface area contributed by atoms with E-state index in [0.29, 0.717) is 32.1 Å². The van der Waals surface area contributed by atoms with Gasteiger partial charge in [0.1, 0.15) is 11.6 Å². The Bertz CT molecular complexity index is 885. The molecule has 1 fully saturated rings. The van der Waals surface area contributed by atoms with Gasteiger partial charge in [-0.2, -0.15) is 0 Å². The summed E-state index contributed by atoms with van der Waals surface area (Å²) in [6.45, 7) is 4.14. The summed E-state index contributed by atoms with van der Waals surface area (Å²) in [7, 11) is 0. The van der Waals surface area contributed by atoms with Crippen LogP contribution in [0, 0.1) is 11.6 Å². The van der Waals surface area contributed by atoms with Gasteiger partial charge < -0.3 is 16.0 Å². The van der Waals surface area contributed by atoms with Crippen LogP contribution < -0.4 is 16.0 Å². The number of amides is 1. The highest BCUT2D eigenvalue weighted by Gasteiger charge is 2.45. The number of carbonyl (C=O) groups is 1. The third-order valence-corrected chi connectivity index (χ3v) is 5.20. The Morgan fingerprint density at radius 1 is 1.00 bits per heavy atom. The number of carbonyl (C=O) groups excluding carboxylic acids is 1. The Morgan fingerprint density at radius 2 is 1.68 bits per heavy atom. The molecule has 0 aliphatic heterocycles. The lowest BCUT2D eigenvalue weighted by Gasteiger charge is -2.16. The first-order valence-electron chi connectivity index (χ1n) is 10.3. The van der Waals surface area contributed by atoms with Gasteiger partial charge in [0.25, 0.3) is 0 Å². The number of nitrogens with one attached hydrogen (secondary N) is 3. The van der Waals surface area contributed by atoms with Crippen molar-refractivity contribution in [1.82, 2.24) is 16.0 Å². The van der Waals surface area contributed by atoms with E-state index in [2.05, 4.69) is 20.9 Å². The highest BCUT2D eigenvalue weighted by molar-refractivity contribution is 14.0. The van der Waals surface area contributed by atoms with E-state index in [-0.39, 0.29) is 53.4 Å². The molecular weight excluding hydrogens is 513 g/mol. The average molecular weight is 542 g/mol. The summed E-state index contributed by atoms with van der Waals surface area (Å²) >= 11 is 0. The second-order valence-corrected chi connectivity index (χ2v) is 7.54. The van der Waals surface area contributed by atoms with Crippen LogP contribution in [0.15, 0.2) is 53.5 Å². The molecule has 1 aliphatic rings. The molecule has 8 heteroatoms. The molecule has 0 bridgehead atoms. The van der Waals surface area contributed by atoms with Crippen molar-refractivity contribution in [3.8, 4) is 0 Å². The van der Waals surface area contributed by atoms with Crippen LogP contribution in [0.5, 0.6) is 0 Å². The minimum atomic E-state index is -0.318. The van der Waals surface area contributed by atoms with Crippen LogP contribution in [0.2, 0.25) is 0 Å². The molecule has 1 saturated carbocycles. The number of rotatable bonds is 9. The predicted octanol–water partition coefficient (Wildman–Crippen LogP) is 3.53. The van der Waals surface area contributed by atoms with E-state index in [9.17, 15) is 13.6 Å². The monoisotopic (exact) mass is 542 g/mol. The highest BCUT2D eigenvalue weighted by Crippen LogP contribution is 2.49. The molecule has 2 aromatic rings. The number of benzene rings is 2. The molecule has 3 N–H and O–H groups in total. The van der Waals surface area contributed by atoms with Gasteiger partial charge in [0.2, 0.25) is 5.91 Å². The summed E-state index contributed by atoms with van der Waals surface area (Å²) < 4.78 is 27.1. The van der Waals surface area contributed by atoms with Crippen molar-refractivity contribution >= 4 is 35.8 Å². The molecule has 168 valence electrons. The first kappa shape index (κ1) is 25.0. The van der Waals surface area contributed by atoms with E-state index >= 15 is 0 Å². The number of hydrogen-bond donors (Lipinski definition) is 3. The van der Waals surface area contributed by atoms with Gasteiger partial charge in [0.15, 0.2) is 5.96 Å². The molecule has 3 rings (SSSR count). The Balaban J connectivity index is 0.00000341. The van der Waals surface area contributed by atoms with Crippen molar-refractivity contribution in [2.24, 2.45) is 4.99 Å². The molecule has 1 aliphatic carbocycles.